The van der Waals surface area contributed by atoms with Crippen LogP contribution in [0.3, 0.4) is 0 Å². The fraction of sp³-hybridized carbons (Fsp3) is 0.393. The maximum absolute atomic E-state index is 6.20. The molecule has 3 heterocycles. The van der Waals surface area contributed by atoms with Crippen molar-refractivity contribution < 1.29 is 4.84 Å². The van der Waals surface area contributed by atoms with E-state index in [9.17, 15) is 0 Å². The second-order valence-electron chi connectivity index (χ2n) is 9.57. The van der Waals surface area contributed by atoms with E-state index in [1.54, 1.807) is 0 Å². The fourth-order valence-electron chi connectivity index (χ4n) is 5.07. The van der Waals surface area contributed by atoms with Crippen LogP contribution in [0.4, 0.5) is 0 Å². The van der Waals surface area contributed by atoms with Gasteiger partial charge in [0.25, 0.3) is 0 Å². The number of hydrogen-bond donors (Lipinski definition) is 0. The molecule has 2 aromatic carbocycles. The van der Waals surface area contributed by atoms with Crippen molar-refractivity contribution >= 4 is 21.6 Å². The molecule has 0 bridgehead atoms. The maximum Gasteiger partial charge on any atom is 0.149 e. The SMILES string of the molecule is [CH]1CN(Oc2ccc3sc(C4CCCCC4)nc3c2)CCN1CCn1cc(-c2ccccc2)cn1. The lowest BCUT2D eigenvalue weighted by Crippen LogP contribution is -2.45. The maximum atomic E-state index is 6.20. The summed E-state index contributed by atoms with van der Waals surface area (Å²) in [4.78, 5) is 13.5. The van der Waals surface area contributed by atoms with Crippen LogP contribution in [-0.2, 0) is 6.54 Å². The zero-order chi connectivity index (χ0) is 23.5. The predicted octanol–water partition coefficient (Wildman–Crippen LogP) is 5.98. The largest absolute Gasteiger partial charge is 0.406 e. The molecule has 2 fully saturated rings. The summed E-state index contributed by atoms with van der Waals surface area (Å²) in [7, 11) is 0. The molecule has 1 aliphatic heterocycles. The number of rotatable bonds is 7. The molecule has 0 spiro atoms. The molecular formula is C28H32N5OS. The first-order valence-electron chi connectivity index (χ1n) is 12.8. The number of aromatic nitrogens is 3. The minimum atomic E-state index is 0.653. The Morgan fingerprint density at radius 1 is 0.943 bits per heavy atom. The molecule has 2 aliphatic rings. The summed E-state index contributed by atoms with van der Waals surface area (Å²) >= 11 is 1.86. The lowest BCUT2D eigenvalue weighted by Gasteiger charge is -2.33. The van der Waals surface area contributed by atoms with Crippen LogP contribution in [0.2, 0.25) is 0 Å². The number of piperazine rings is 1. The van der Waals surface area contributed by atoms with Gasteiger partial charge in [0.15, 0.2) is 0 Å². The van der Waals surface area contributed by atoms with E-state index in [0.717, 1.165) is 49.6 Å². The highest BCUT2D eigenvalue weighted by atomic mass is 32.1. The number of nitrogens with zero attached hydrogens (tertiary/aromatic N) is 5. The second kappa shape index (κ2) is 10.5. The first kappa shape index (κ1) is 22.7. The molecule has 1 aliphatic carbocycles. The molecule has 1 saturated carbocycles. The molecule has 0 atom stereocenters. The van der Waals surface area contributed by atoms with Crippen LogP contribution < -0.4 is 4.84 Å². The van der Waals surface area contributed by atoms with Crippen LogP contribution in [0.1, 0.15) is 43.0 Å². The normalized spacial score (nSPS) is 18.3. The van der Waals surface area contributed by atoms with Crippen molar-refractivity contribution in [2.45, 2.75) is 44.6 Å². The van der Waals surface area contributed by atoms with Gasteiger partial charge in [-0.15, -0.1) is 16.4 Å². The molecule has 2 aromatic heterocycles. The van der Waals surface area contributed by atoms with Gasteiger partial charge >= 0.3 is 0 Å². The highest BCUT2D eigenvalue weighted by Crippen LogP contribution is 2.37. The smallest absolute Gasteiger partial charge is 0.149 e. The Bertz CT molecular complexity index is 1240. The first-order chi connectivity index (χ1) is 17.3. The van der Waals surface area contributed by atoms with E-state index in [1.165, 1.54) is 47.4 Å². The van der Waals surface area contributed by atoms with Crippen molar-refractivity contribution in [1.29, 1.82) is 0 Å². The topological polar surface area (TPSA) is 46.4 Å². The van der Waals surface area contributed by atoms with Crippen molar-refractivity contribution in [2.24, 2.45) is 0 Å². The molecule has 1 saturated heterocycles. The van der Waals surface area contributed by atoms with Crippen LogP contribution >= 0.6 is 11.3 Å². The summed E-state index contributed by atoms with van der Waals surface area (Å²) in [6.07, 6.45) is 10.7. The molecule has 0 unspecified atom stereocenters. The summed E-state index contributed by atoms with van der Waals surface area (Å²) in [6.45, 7) is 6.63. The third kappa shape index (κ3) is 5.42. The summed E-state index contributed by atoms with van der Waals surface area (Å²) in [5, 5.41) is 7.89. The third-order valence-corrected chi connectivity index (χ3v) is 8.30. The average Bonchev–Trinajstić information content (AvgIpc) is 3.57. The summed E-state index contributed by atoms with van der Waals surface area (Å²) < 4.78 is 3.30. The monoisotopic (exact) mass is 486 g/mol. The Labute approximate surface area is 211 Å². The molecular weight excluding hydrogens is 454 g/mol. The van der Waals surface area contributed by atoms with Gasteiger partial charge in [-0.3, -0.25) is 9.58 Å². The van der Waals surface area contributed by atoms with E-state index in [2.05, 4.69) is 65.2 Å². The van der Waals surface area contributed by atoms with Crippen molar-refractivity contribution in [3.8, 4) is 16.9 Å². The number of hydrogen-bond acceptors (Lipinski definition) is 6. The van der Waals surface area contributed by atoms with Gasteiger partial charge in [0, 0.05) is 49.9 Å². The van der Waals surface area contributed by atoms with Crippen LogP contribution in [0.5, 0.6) is 5.75 Å². The van der Waals surface area contributed by atoms with Crippen LogP contribution in [0, 0.1) is 6.54 Å². The molecule has 35 heavy (non-hydrogen) atoms. The lowest BCUT2D eigenvalue weighted by atomic mass is 9.90. The summed E-state index contributed by atoms with van der Waals surface area (Å²) in [5.74, 6) is 1.53. The van der Waals surface area contributed by atoms with Gasteiger partial charge in [-0.1, -0.05) is 49.6 Å². The molecule has 0 N–H and O–H groups in total. The second-order valence-corrected chi connectivity index (χ2v) is 10.6. The van der Waals surface area contributed by atoms with E-state index in [0.29, 0.717) is 5.92 Å². The third-order valence-electron chi connectivity index (χ3n) is 7.10. The molecule has 7 heteroatoms. The minimum Gasteiger partial charge on any atom is -0.406 e. The van der Waals surface area contributed by atoms with Crippen molar-refractivity contribution in [1.82, 2.24) is 24.7 Å². The number of benzene rings is 2. The van der Waals surface area contributed by atoms with Gasteiger partial charge in [0.1, 0.15) is 5.75 Å². The summed E-state index contributed by atoms with van der Waals surface area (Å²) in [6, 6.07) is 16.8. The van der Waals surface area contributed by atoms with Gasteiger partial charge in [0.2, 0.25) is 0 Å². The zero-order valence-electron chi connectivity index (χ0n) is 20.1. The molecule has 0 amide bonds. The van der Waals surface area contributed by atoms with Gasteiger partial charge in [-0.25, -0.2) is 4.98 Å². The number of thiazole rings is 1. The lowest BCUT2D eigenvalue weighted by molar-refractivity contribution is -0.0764. The standard InChI is InChI=1S/C28H32N5OS/c1-3-7-22(8-4-1)24-20-29-32(21-24)16-13-31-14-17-33(18-15-31)34-25-11-12-27-26(19-25)30-28(35-27)23-9-5-2-6-10-23/h1,3-4,7-8,11-12,14,19-21,23H,2,5-6,9-10,13,15-18H2. The van der Waals surface area contributed by atoms with Crippen LogP contribution in [-0.4, -0.2) is 50.9 Å². The van der Waals surface area contributed by atoms with E-state index < -0.39 is 0 Å². The molecule has 4 aromatic rings. The molecule has 181 valence electrons. The zero-order valence-corrected chi connectivity index (χ0v) is 20.9. The number of fused-ring (bicyclic) bond motifs is 1. The molecule has 6 rings (SSSR count). The van der Waals surface area contributed by atoms with Gasteiger partial charge in [0.05, 0.1) is 34.5 Å². The molecule has 6 nitrogen and oxygen atoms in total. The van der Waals surface area contributed by atoms with Crippen molar-refractivity contribution in [3.63, 3.8) is 0 Å². The van der Waals surface area contributed by atoms with Crippen LogP contribution in [0.15, 0.2) is 60.9 Å². The molecule has 1 radical (unpaired) electrons. The number of hydroxylamine groups is 2. The van der Waals surface area contributed by atoms with E-state index in [4.69, 9.17) is 9.82 Å². The predicted molar refractivity (Wildman–Crippen MR) is 141 cm³/mol. The van der Waals surface area contributed by atoms with Crippen molar-refractivity contribution in [2.75, 3.05) is 26.2 Å². The van der Waals surface area contributed by atoms with Gasteiger partial charge in [-0.2, -0.15) is 5.10 Å². The Morgan fingerprint density at radius 2 is 1.83 bits per heavy atom. The van der Waals surface area contributed by atoms with Crippen molar-refractivity contribution in [3.05, 3.63) is 72.5 Å². The summed E-state index contributed by atoms with van der Waals surface area (Å²) in [5.41, 5.74) is 3.44. The van der Waals surface area contributed by atoms with Gasteiger partial charge < -0.3 is 4.84 Å². The van der Waals surface area contributed by atoms with E-state index in [1.807, 2.05) is 33.3 Å². The minimum absolute atomic E-state index is 0.653. The quantitative estimate of drug-likeness (QED) is 0.322. The Morgan fingerprint density at radius 3 is 2.66 bits per heavy atom. The first-order valence-corrected chi connectivity index (χ1v) is 13.6. The highest BCUT2D eigenvalue weighted by molar-refractivity contribution is 7.18. The average molecular weight is 487 g/mol. The van der Waals surface area contributed by atoms with E-state index in [-0.39, 0.29) is 0 Å². The highest BCUT2D eigenvalue weighted by Gasteiger charge is 2.21. The van der Waals surface area contributed by atoms with Gasteiger partial charge in [-0.05, 0) is 30.5 Å². The van der Waals surface area contributed by atoms with Crippen LogP contribution in [0.25, 0.3) is 21.3 Å². The Kier molecular flexibility index (Phi) is 6.80. The Hall–Kier alpha value is -2.74. The Balaban J connectivity index is 0.992. The fourth-order valence-corrected chi connectivity index (χ4v) is 6.18. The van der Waals surface area contributed by atoms with E-state index >= 15 is 0 Å².